The summed E-state index contributed by atoms with van der Waals surface area (Å²) >= 11 is 0. The van der Waals surface area contributed by atoms with Crippen LogP contribution in [0, 0.1) is 5.82 Å². The standard InChI is InChI=1S/C14H13FN2/c15-12-3-1-2-9(5-12)11-4-10-6-13(16)7-14(10)17-8-11/h1-5,8,13H,6-7,16H2. The van der Waals surface area contributed by atoms with E-state index in [1.54, 1.807) is 12.3 Å². The fourth-order valence-corrected chi connectivity index (χ4v) is 2.33. The van der Waals surface area contributed by atoms with Crippen LogP contribution in [0.3, 0.4) is 0 Å². The van der Waals surface area contributed by atoms with Crippen LogP contribution in [-0.2, 0) is 12.8 Å². The van der Waals surface area contributed by atoms with Gasteiger partial charge in [0.15, 0.2) is 0 Å². The minimum Gasteiger partial charge on any atom is -0.327 e. The Hall–Kier alpha value is -1.74. The maximum Gasteiger partial charge on any atom is 0.123 e. The number of halogens is 1. The van der Waals surface area contributed by atoms with Gasteiger partial charge in [0.2, 0.25) is 0 Å². The van der Waals surface area contributed by atoms with Crippen LogP contribution in [-0.4, -0.2) is 11.0 Å². The van der Waals surface area contributed by atoms with E-state index in [1.165, 1.54) is 17.7 Å². The summed E-state index contributed by atoms with van der Waals surface area (Å²) in [6.07, 6.45) is 3.51. The highest BCUT2D eigenvalue weighted by Crippen LogP contribution is 2.26. The van der Waals surface area contributed by atoms with E-state index >= 15 is 0 Å². The Bertz CT molecular complexity index is 566. The van der Waals surface area contributed by atoms with Crippen LogP contribution in [0.4, 0.5) is 4.39 Å². The van der Waals surface area contributed by atoms with Crippen molar-refractivity contribution in [1.82, 2.24) is 4.98 Å². The van der Waals surface area contributed by atoms with Crippen molar-refractivity contribution in [3.8, 4) is 11.1 Å². The zero-order chi connectivity index (χ0) is 11.8. The summed E-state index contributed by atoms with van der Waals surface area (Å²) in [5.41, 5.74) is 9.99. The van der Waals surface area contributed by atoms with E-state index in [0.29, 0.717) is 0 Å². The van der Waals surface area contributed by atoms with E-state index in [2.05, 4.69) is 11.1 Å². The molecule has 0 amide bonds. The van der Waals surface area contributed by atoms with Gasteiger partial charge in [-0.2, -0.15) is 0 Å². The fraction of sp³-hybridized carbons (Fsp3) is 0.214. The van der Waals surface area contributed by atoms with Crippen LogP contribution in [0.1, 0.15) is 11.3 Å². The molecule has 2 nitrogen and oxygen atoms in total. The average molecular weight is 228 g/mol. The molecule has 2 aromatic rings. The molecule has 0 saturated heterocycles. The number of nitrogens with two attached hydrogens (primary N) is 1. The lowest BCUT2D eigenvalue weighted by atomic mass is 10.0. The van der Waals surface area contributed by atoms with Gasteiger partial charge in [0, 0.05) is 29.9 Å². The highest BCUT2D eigenvalue weighted by molar-refractivity contribution is 5.63. The van der Waals surface area contributed by atoms with Gasteiger partial charge in [0.05, 0.1) is 0 Å². The summed E-state index contributed by atoms with van der Waals surface area (Å²) < 4.78 is 13.1. The van der Waals surface area contributed by atoms with Crippen LogP contribution in [0.15, 0.2) is 36.5 Å². The first kappa shape index (κ1) is 10.4. The third kappa shape index (κ3) is 1.94. The molecular weight excluding hydrogens is 215 g/mol. The van der Waals surface area contributed by atoms with Crippen molar-refractivity contribution in [3.05, 3.63) is 53.6 Å². The largest absolute Gasteiger partial charge is 0.327 e. The van der Waals surface area contributed by atoms with Crippen LogP contribution in [0.25, 0.3) is 11.1 Å². The van der Waals surface area contributed by atoms with Gasteiger partial charge in [-0.05, 0) is 35.7 Å². The Morgan fingerprint density at radius 3 is 2.88 bits per heavy atom. The molecular formula is C14H13FN2. The minimum absolute atomic E-state index is 0.181. The maximum absolute atomic E-state index is 13.1. The zero-order valence-corrected chi connectivity index (χ0v) is 9.36. The number of hydrogen-bond acceptors (Lipinski definition) is 2. The number of hydrogen-bond donors (Lipinski definition) is 1. The molecule has 0 fully saturated rings. The topological polar surface area (TPSA) is 38.9 Å². The van der Waals surface area contributed by atoms with Crippen molar-refractivity contribution in [1.29, 1.82) is 0 Å². The second-order valence-corrected chi connectivity index (χ2v) is 4.51. The van der Waals surface area contributed by atoms with Gasteiger partial charge in [-0.1, -0.05) is 12.1 Å². The Morgan fingerprint density at radius 1 is 1.18 bits per heavy atom. The number of aromatic nitrogens is 1. The normalized spacial score (nSPS) is 18.1. The van der Waals surface area contributed by atoms with Gasteiger partial charge in [-0.25, -0.2) is 4.39 Å². The average Bonchev–Trinajstić information content (AvgIpc) is 2.68. The van der Waals surface area contributed by atoms with Crippen molar-refractivity contribution in [2.45, 2.75) is 18.9 Å². The Morgan fingerprint density at radius 2 is 2.06 bits per heavy atom. The lowest BCUT2D eigenvalue weighted by Gasteiger charge is -2.04. The second kappa shape index (κ2) is 3.93. The lowest BCUT2D eigenvalue weighted by molar-refractivity contribution is 0.628. The number of fused-ring (bicyclic) bond motifs is 1. The molecule has 86 valence electrons. The molecule has 2 N–H and O–H groups in total. The van der Waals surface area contributed by atoms with Gasteiger partial charge >= 0.3 is 0 Å². The molecule has 3 heteroatoms. The van der Waals surface area contributed by atoms with Crippen molar-refractivity contribution >= 4 is 0 Å². The van der Waals surface area contributed by atoms with E-state index in [9.17, 15) is 4.39 Å². The highest BCUT2D eigenvalue weighted by Gasteiger charge is 2.19. The molecule has 1 heterocycles. The molecule has 17 heavy (non-hydrogen) atoms. The van der Waals surface area contributed by atoms with E-state index < -0.39 is 0 Å². The molecule has 1 aromatic heterocycles. The molecule has 0 radical (unpaired) electrons. The van der Waals surface area contributed by atoms with Gasteiger partial charge in [0.1, 0.15) is 5.82 Å². The van der Waals surface area contributed by atoms with E-state index in [0.717, 1.165) is 29.7 Å². The third-order valence-electron chi connectivity index (χ3n) is 3.16. The maximum atomic E-state index is 13.1. The third-order valence-corrected chi connectivity index (χ3v) is 3.16. The SMILES string of the molecule is NC1Cc2cc(-c3cccc(F)c3)cnc2C1. The predicted molar refractivity (Wildman–Crippen MR) is 65.0 cm³/mol. The van der Waals surface area contributed by atoms with Crippen molar-refractivity contribution in [2.75, 3.05) is 0 Å². The highest BCUT2D eigenvalue weighted by atomic mass is 19.1. The van der Waals surface area contributed by atoms with Crippen molar-refractivity contribution < 1.29 is 4.39 Å². The number of rotatable bonds is 1. The molecule has 1 aromatic carbocycles. The number of pyridine rings is 1. The van der Waals surface area contributed by atoms with Crippen LogP contribution in [0.5, 0.6) is 0 Å². The quantitative estimate of drug-likeness (QED) is 0.813. The molecule has 0 aliphatic heterocycles. The first-order valence-electron chi connectivity index (χ1n) is 5.72. The van der Waals surface area contributed by atoms with Crippen LogP contribution in [0.2, 0.25) is 0 Å². The molecule has 1 atom stereocenters. The van der Waals surface area contributed by atoms with Crippen molar-refractivity contribution in [2.24, 2.45) is 5.73 Å². The Labute approximate surface area is 99.3 Å². The van der Waals surface area contributed by atoms with E-state index in [4.69, 9.17) is 5.73 Å². The summed E-state index contributed by atoms with van der Waals surface area (Å²) in [6.45, 7) is 0. The molecule has 1 aliphatic carbocycles. The molecule has 0 spiro atoms. The summed E-state index contributed by atoms with van der Waals surface area (Å²) in [4.78, 5) is 4.41. The molecule has 0 saturated carbocycles. The Balaban J connectivity index is 2.03. The summed E-state index contributed by atoms with van der Waals surface area (Å²) in [5, 5.41) is 0. The predicted octanol–water partition coefficient (Wildman–Crippen LogP) is 2.31. The van der Waals surface area contributed by atoms with Gasteiger partial charge < -0.3 is 5.73 Å². The first-order chi connectivity index (χ1) is 8.22. The van der Waals surface area contributed by atoms with E-state index in [-0.39, 0.29) is 11.9 Å². The van der Waals surface area contributed by atoms with Gasteiger partial charge in [-0.3, -0.25) is 4.98 Å². The van der Waals surface area contributed by atoms with Gasteiger partial charge in [0.25, 0.3) is 0 Å². The fourth-order valence-electron chi connectivity index (χ4n) is 2.33. The smallest absolute Gasteiger partial charge is 0.123 e. The first-order valence-corrected chi connectivity index (χ1v) is 5.72. The number of nitrogens with zero attached hydrogens (tertiary/aromatic N) is 1. The molecule has 0 bridgehead atoms. The van der Waals surface area contributed by atoms with Gasteiger partial charge in [-0.15, -0.1) is 0 Å². The van der Waals surface area contributed by atoms with E-state index in [1.807, 2.05) is 6.07 Å². The summed E-state index contributed by atoms with van der Waals surface area (Å²) in [7, 11) is 0. The number of benzene rings is 1. The lowest BCUT2D eigenvalue weighted by Crippen LogP contribution is -2.19. The summed E-state index contributed by atoms with van der Waals surface area (Å²) in [6, 6.07) is 8.83. The van der Waals surface area contributed by atoms with Crippen molar-refractivity contribution in [3.63, 3.8) is 0 Å². The summed E-state index contributed by atoms with van der Waals surface area (Å²) in [5.74, 6) is -0.223. The van der Waals surface area contributed by atoms with Crippen LogP contribution >= 0.6 is 0 Å². The zero-order valence-electron chi connectivity index (χ0n) is 9.36. The molecule has 3 rings (SSSR count). The molecule has 1 unspecified atom stereocenters. The monoisotopic (exact) mass is 228 g/mol. The van der Waals surface area contributed by atoms with Crippen LogP contribution < -0.4 is 5.73 Å². The molecule has 1 aliphatic rings. The Kier molecular flexibility index (Phi) is 2.41. The minimum atomic E-state index is -0.223. The second-order valence-electron chi connectivity index (χ2n) is 4.51.